The highest BCUT2D eigenvalue weighted by molar-refractivity contribution is 6.01. The highest BCUT2D eigenvalue weighted by Crippen LogP contribution is 2.22. The number of hydrogen-bond acceptors (Lipinski definition) is 4. The van der Waals surface area contributed by atoms with Gasteiger partial charge in [0.15, 0.2) is 12.4 Å². The van der Waals surface area contributed by atoms with E-state index in [1.807, 2.05) is 0 Å². The number of H-pyrrole nitrogens is 1. The van der Waals surface area contributed by atoms with E-state index in [0.29, 0.717) is 41.7 Å². The molecule has 132 valence electrons. The largest absolute Gasteiger partial charge is 0.451 e. The van der Waals surface area contributed by atoms with Crippen molar-refractivity contribution in [2.75, 3.05) is 19.7 Å². The third-order valence-corrected chi connectivity index (χ3v) is 4.54. The Morgan fingerprint density at radius 1 is 1.17 bits per heavy atom. The molecule has 0 aromatic carbocycles. The minimum atomic E-state index is -0.602. The van der Waals surface area contributed by atoms with E-state index in [4.69, 9.17) is 4.74 Å². The zero-order chi connectivity index (χ0) is 18.0. The lowest BCUT2D eigenvalue weighted by atomic mass is 9.92. The Morgan fingerprint density at radius 3 is 2.25 bits per heavy atom. The summed E-state index contributed by atoms with van der Waals surface area (Å²) in [5.74, 6) is 0.0383. The predicted octanol–water partition coefficient (Wildman–Crippen LogP) is 2.50. The van der Waals surface area contributed by atoms with Crippen molar-refractivity contribution < 1.29 is 19.1 Å². The van der Waals surface area contributed by atoms with Crippen LogP contribution < -0.4 is 0 Å². The van der Waals surface area contributed by atoms with Gasteiger partial charge in [0, 0.05) is 24.3 Å². The van der Waals surface area contributed by atoms with Gasteiger partial charge < -0.3 is 14.6 Å². The molecule has 0 radical (unpaired) electrons. The Morgan fingerprint density at radius 2 is 1.75 bits per heavy atom. The first-order valence-corrected chi connectivity index (χ1v) is 8.35. The fourth-order valence-electron chi connectivity index (χ4n) is 3.64. The van der Waals surface area contributed by atoms with E-state index in [0.717, 1.165) is 6.42 Å². The monoisotopic (exact) mass is 334 g/mol. The van der Waals surface area contributed by atoms with E-state index in [1.165, 1.54) is 6.92 Å². The Labute approximate surface area is 142 Å². The van der Waals surface area contributed by atoms with E-state index in [9.17, 15) is 14.4 Å². The first-order chi connectivity index (χ1) is 11.2. The van der Waals surface area contributed by atoms with Crippen molar-refractivity contribution in [2.45, 2.75) is 41.0 Å². The number of nitrogens with one attached hydrogen (secondary N) is 1. The maximum Gasteiger partial charge on any atom is 0.355 e. The van der Waals surface area contributed by atoms with E-state index in [-0.39, 0.29) is 24.0 Å². The van der Waals surface area contributed by atoms with Gasteiger partial charge >= 0.3 is 5.97 Å². The number of ketones is 1. The minimum absolute atomic E-state index is 0.104. The van der Waals surface area contributed by atoms with Gasteiger partial charge in [-0.15, -0.1) is 0 Å². The number of carbonyl (C=O) groups is 3. The van der Waals surface area contributed by atoms with Crippen LogP contribution in [0, 0.1) is 25.7 Å². The summed E-state index contributed by atoms with van der Waals surface area (Å²) in [7, 11) is 0. The quantitative estimate of drug-likeness (QED) is 0.678. The summed E-state index contributed by atoms with van der Waals surface area (Å²) in [5.41, 5.74) is 1.95. The van der Waals surface area contributed by atoms with E-state index < -0.39 is 5.97 Å². The SMILES string of the molecule is CC(=O)c1c(C)[nH]c(C(=O)OCC(=O)N2C[C@@H](C)C[C@H](C)C2)c1C. The maximum atomic E-state index is 12.3. The Hall–Kier alpha value is -2.11. The fraction of sp³-hybridized carbons (Fsp3) is 0.611. The first-order valence-electron chi connectivity index (χ1n) is 8.35. The van der Waals surface area contributed by atoms with Crippen LogP contribution in [0.2, 0.25) is 0 Å². The average Bonchev–Trinajstić information content (AvgIpc) is 2.78. The Balaban J connectivity index is 1.99. The van der Waals surface area contributed by atoms with Gasteiger partial charge in [-0.1, -0.05) is 13.8 Å². The predicted molar refractivity (Wildman–Crippen MR) is 90.1 cm³/mol. The number of nitrogens with zero attached hydrogens (tertiary/aromatic N) is 1. The molecule has 24 heavy (non-hydrogen) atoms. The number of esters is 1. The van der Waals surface area contributed by atoms with Gasteiger partial charge in [-0.3, -0.25) is 9.59 Å². The number of aryl methyl sites for hydroxylation is 1. The van der Waals surface area contributed by atoms with Gasteiger partial charge in [0.2, 0.25) is 0 Å². The molecule has 2 heterocycles. The van der Waals surface area contributed by atoms with E-state index >= 15 is 0 Å². The summed E-state index contributed by atoms with van der Waals surface area (Å²) in [6, 6.07) is 0. The number of carbonyl (C=O) groups excluding carboxylic acids is 3. The number of ether oxygens (including phenoxy) is 1. The van der Waals surface area contributed by atoms with Crippen LogP contribution in [0.15, 0.2) is 0 Å². The summed E-state index contributed by atoms with van der Waals surface area (Å²) in [6.45, 7) is 10.3. The molecule has 1 aliphatic rings. The number of hydrogen-bond donors (Lipinski definition) is 1. The Bertz CT molecular complexity index is 652. The lowest BCUT2D eigenvalue weighted by molar-refractivity contribution is -0.137. The second-order valence-corrected chi connectivity index (χ2v) is 7.00. The zero-order valence-corrected chi connectivity index (χ0v) is 15.1. The van der Waals surface area contributed by atoms with Crippen LogP contribution in [0.3, 0.4) is 0 Å². The van der Waals surface area contributed by atoms with Gasteiger partial charge in [-0.05, 0) is 44.6 Å². The standard InChI is InChI=1S/C18H26N2O4/c1-10-6-11(2)8-20(7-10)15(22)9-24-18(23)17-12(3)16(14(5)21)13(4)19-17/h10-11,19H,6-9H2,1-5H3/t10-,11-/m0/s1. The number of Topliss-reactive ketones (excluding diaryl/α,β-unsaturated/α-hetero) is 1. The molecule has 1 aromatic heterocycles. The number of aromatic nitrogens is 1. The van der Waals surface area contributed by atoms with E-state index in [1.54, 1.807) is 18.7 Å². The zero-order valence-electron chi connectivity index (χ0n) is 15.1. The van der Waals surface area contributed by atoms with Crippen molar-refractivity contribution in [2.24, 2.45) is 11.8 Å². The molecule has 2 rings (SSSR count). The first kappa shape index (κ1) is 18.2. The van der Waals surface area contributed by atoms with Crippen LogP contribution >= 0.6 is 0 Å². The molecular formula is C18H26N2O4. The maximum absolute atomic E-state index is 12.3. The second kappa shape index (κ2) is 7.20. The van der Waals surface area contributed by atoms with Crippen LogP contribution in [0.25, 0.3) is 0 Å². The molecule has 6 nitrogen and oxygen atoms in total. The molecule has 0 saturated carbocycles. The molecule has 6 heteroatoms. The molecule has 1 N–H and O–H groups in total. The summed E-state index contributed by atoms with van der Waals surface area (Å²) >= 11 is 0. The molecule has 1 aliphatic heterocycles. The van der Waals surface area contributed by atoms with Gasteiger partial charge in [-0.2, -0.15) is 0 Å². The van der Waals surface area contributed by atoms with Crippen molar-refractivity contribution in [1.82, 2.24) is 9.88 Å². The minimum Gasteiger partial charge on any atom is -0.451 e. The topological polar surface area (TPSA) is 79.5 Å². The van der Waals surface area contributed by atoms with Crippen LogP contribution in [-0.2, 0) is 9.53 Å². The molecular weight excluding hydrogens is 308 g/mol. The molecule has 0 unspecified atom stereocenters. The molecule has 0 bridgehead atoms. The number of likely N-dealkylation sites (tertiary alicyclic amines) is 1. The smallest absolute Gasteiger partial charge is 0.355 e. The van der Waals surface area contributed by atoms with Crippen molar-refractivity contribution in [1.29, 1.82) is 0 Å². The fourth-order valence-corrected chi connectivity index (χ4v) is 3.64. The van der Waals surface area contributed by atoms with Gasteiger partial charge in [0.05, 0.1) is 0 Å². The summed E-state index contributed by atoms with van der Waals surface area (Å²) in [5, 5.41) is 0. The number of rotatable bonds is 4. The summed E-state index contributed by atoms with van der Waals surface area (Å²) in [4.78, 5) is 40.8. The van der Waals surface area contributed by atoms with E-state index in [2.05, 4.69) is 18.8 Å². The molecule has 0 spiro atoms. The summed E-state index contributed by atoms with van der Waals surface area (Å²) < 4.78 is 5.17. The number of aromatic amines is 1. The number of amides is 1. The van der Waals surface area contributed by atoms with Gasteiger partial charge in [-0.25, -0.2) is 4.79 Å². The van der Waals surface area contributed by atoms with Crippen LogP contribution in [-0.4, -0.2) is 47.2 Å². The Kier molecular flexibility index (Phi) is 5.47. The third kappa shape index (κ3) is 3.86. The third-order valence-electron chi connectivity index (χ3n) is 4.54. The van der Waals surface area contributed by atoms with Gasteiger partial charge in [0.1, 0.15) is 5.69 Å². The van der Waals surface area contributed by atoms with Crippen molar-refractivity contribution >= 4 is 17.7 Å². The highest BCUT2D eigenvalue weighted by Gasteiger charge is 2.27. The normalized spacial score (nSPS) is 20.8. The molecule has 1 amide bonds. The van der Waals surface area contributed by atoms with Crippen molar-refractivity contribution in [3.8, 4) is 0 Å². The van der Waals surface area contributed by atoms with Crippen LogP contribution in [0.5, 0.6) is 0 Å². The number of piperidine rings is 1. The van der Waals surface area contributed by atoms with Crippen LogP contribution in [0.1, 0.15) is 59.3 Å². The summed E-state index contributed by atoms with van der Waals surface area (Å²) in [6.07, 6.45) is 1.11. The van der Waals surface area contributed by atoms with Crippen molar-refractivity contribution in [3.63, 3.8) is 0 Å². The average molecular weight is 334 g/mol. The molecule has 0 aliphatic carbocycles. The lowest BCUT2D eigenvalue weighted by Gasteiger charge is -2.34. The highest BCUT2D eigenvalue weighted by atomic mass is 16.5. The molecule has 1 saturated heterocycles. The van der Waals surface area contributed by atoms with Crippen LogP contribution in [0.4, 0.5) is 0 Å². The van der Waals surface area contributed by atoms with Crippen molar-refractivity contribution in [3.05, 3.63) is 22.5 Å². The molecule has 1 fully saturated rings. The molecule has 2 atom stereocenters. The lowest BCUT2D eigenvalue weighted by Crippen LogP contribution is -2.44. The molecule has 1 aromatic rings. The van der Waals surface area contributed by atoms with Gasteiger partial charge in [0.25, 0.3) is 5.91 Å². The second-order valence-electron chi connectivity index (χ2n) is 7.00.